The van der Waals surface area contributed by atoms with Crippen LogP contribution in [-0.4, -0.2) is 14.2 Å². The lowest BCUT2D eigenvalue weighted by Crippen LogP contribution is -2.07. The van der Waals surface area contributed by atoms with Gasteiger partial charge >= 0.3 is 0 Å². The van der Waals surface area contributed by atoms with Crippen LogP contribution < -0.4 is 0 Å². The third-order valence-electron chi connectivity index (χ3n) is 3.77. The van der Waals surface area contributed by atoms with E-state index in [4.69, 9.17) is 0 Å². The highest BCUT2D eigenvalue weighted by Gasteiger charge is 2.18. The van der Waals surface area contributed by atoms with E-state index in [0.29, 0.717) is 17.6 Å². The van der Waals surface area contributed by atoms with Crippen LogP contribution in [0, 0.1) is 6.92 Å². The number of rotatable bonds is 7. The number of hydrogen-bond donors (Lipinski definition) is 0. The third kappa shape index (κ3) is 4.65. The average molecular weight is 342 g/mol. The van der Waals surface area contributed by atoms with E-state index in [1.54, 1.807) is 48.5 Å². The quantitative estimate of drug-likeness (QED) is 0.540. The molecule has 4 heteroatoms. The van der Waals surface area contributed by atoms with Crippen molar-refractivity contribution in [2.24, 2.45) is 0 Å². The molecule has 0 amide bonds. The molecule has 0 fully saturated rings. The first-order valence-electron chi connectivity index (χ1n) is 8.06. The number of carbonyl (C=O) groups is 1. The summed E-state index contributed by atoms with van der Waals surface area (Å²) in [7, 11) is -3.64. The fraction of sp³-hybridized carbons (Fsp3) is 0.250. The van der Waals surface area contributed by atoms with Gasteiger partial charge in [0.25, 0.3) is 0 Å². The van der Waals surface area contributed by atoms with Crippen LogP contribution in [0.4, 0.5) is 0 Å². The second kappa shape index (κ2) is 8.06. The van der Waals surface area contributed by atoms with E-state index >= 15 is 0 Å². The molecular formula is C20H22O3S. The first-order chi connectivity index (χ1) is 11.4. The molecule has 0 radical (unpaired) electrons. The van der Waals surface area contributed by atoms with Crippen molar-refractivity contribution in [3.63, 3.8) is 0 Å². The van der Waals surface area contributed by atoms with E-state index in [2.05, 4.69) is 0 Å². The lowest BCUT2D eigenvalue weighted by molar-refractivity contribution is 0.103. The zero-order chi connectivity index (χ0) is 17.6. The number of sulfone groups is 1. The second-order valence-electron chi connectivity index (χ2n) is 5.80. The number of Topliss-reactive ketones (excluding diaryl/α,β-unsaturated/α-hetero) is 1. The Bertz CT molecular complexity index is 817. The van der Waals surface area contributed by atoms with Gasteiger partial charge in [-0.2, -0.15) is 0 Å². The molecule has 0 aromatic heterocycles. The maximum atomic E-state index is 12.7. The fourth-order valence-electron chi connectivity index (χ4n) is 2.35. The number of unbranched alkanes of at least 4 members (excludes halogenated alkanes) is 1. The molecule has 0 heterocycles. The molecule has 0 aliphatic heterocycles. The third-order valence-corrected chi connectivity index (χ3v) is 5.30. The molecule has 0 N–H and O–H groups in total. The summed E-state index contributed by atoms with van der Waals surface area (Å²) >= 11 is 0. The van der Waals surface area contributed by atoms with Crippen molar-refractivity contribution in [2.75, 3.05) is 0 Å². The summed E-state index contributed by atoms with van der Waals surface area (Å²) in [5.41, 5.74) is 1.84. The van der Waals surface area contributed by atoms with Gasteiger partial charge in [0.15, 0.2) is 15.6 Å². The molecule has 0 spiro atoms. The monoisotopic (exact) mass is 342 g/mol. The molecule has 0 saturated carbocycles. The van der Waals surface area contributed by atoms with E-state index in [1.807, 2.05) is 19.9 Å². The summed E-state index contributed by atoms with van der Waals surface area (Å²) in [5, 5.41) is 1.14. The average Bonchev–Trinajstić information content (AvgIpc) is 2.59. The van der Waals surface area contributed by atoms with Crippen LogP contribution in [0.2, 0.25) is 0 Å². The van der Waals surface area contributed by atoms with Gasteiger partial charge in [0.05, 0.1) is 4.90 Å². The Morgan fingerprint density at radius 3 is 2.21 bits per heavy atom. The Kier molecular flexibility index (Phi) is 6.10. The van der Waals surface area contributed by atoms with Gasteiger partial charge in [0, 0.05) is 16.5 Å². The normalized spacial score (nSPS) is 12.2. The molecule has 3 nitrogen and oxygen atoms in total. The lowest BCUT2D eigenvalue weighted by Gasteiger charge is -2.08. The Labute approximate surface area is 144 Å². The summed E-state index contributed by atoms with van der Waals surface area (Å²) in [6.45, 7) is 3.91. The Hall–Kier alpha value is -2.20. The molecule has 0 bridgehead atoms. The van der Waals surface area contributed by atoms with Gasteiger partial charge in [-0.05, 0) is 31.9 Å². The maximum absolute atomic E-state index is 12.7. The van der Waals surface area contributed by atoms with Crippen LogP contribution in [0.15, 0.2) is 70.5 Å². The van der Waals surface area contributed by atoms with Gasteiger partial charge in [-0.3, -0.25) is 4.79 Å². The molecule has 126 valence electrons. The van der Waals surface area contributed by atoms with Crippen molar-refractivity contribution in [2.45, 2.75) is 38.0 Å². The Morgan fingerprint density at radius 2 is 1.62 bits per heavy atom. The van der Waals surface area contributed by atoms with E-state index in [0.717, 1.165) is 23.8 Å². The number of allylic oxidation sites excluding steroid dienone is 1. The fourth-order valence-corrected chi connectivity index (χ4v) is 3.60. The molecular weight excluding hydrogens is 320 g/mol. The van der Waals surface area contributed by atoms with Crippen molar-refractivity contribution < 1.29 is 13.2 Å². The molecule has 0 saturated heterocycles. The molecule has 24 heavy (non-hydrogen) atoms. The zero-order valence-electron chi connectivity index (χ0n) is 14.0. The van der Waals surface area contributed by atoms with Crippen LogP contribution in [-0.2, 0) is 9.84 Å². The largest absolute Gasteiger partial charge is 0.289 e. The number of carbonyl (C=O) groups excluding carboxylic acids is 1. The van der Waals surface area contributed by atoms with Crippen molar-refractivity contribution in [3.05, 3.63) is 76.7 Å². The Balaban J connectivity index is 2.41. The molecule has 0 aliphatic rings. The van der Waals surface area contributed by atoms with Gasteiger partial charge in [0.2, 0.25) is 0 Å². The molecule has 2 aromatic rings. The van der Waals surface area contributed by atoms with Gasteiger partial charge in [-0.1, -0.05) is 61.4 Å². The minimum atomic E-state index is -3.64. The molecule has 0 aliphatic carbocycles. The second-order valence-corrected chi connectivity index (χ2v) is 7.60. The number of hydrogen-bond acceptors (Lipinski definition) is 3. The minimum Gasteiger partial charge on any atom is -0.289 e. The standard InChI is InChI=1S/C20H22O3S/c1-3-4-8-18(20(21)17-9-6-5-7-10-17)15-24(22,23)19-13-11-16(2)12-14-19/h5-7,9-15H,3-4,8H2,1-2H3/b18-15+. The molecule has 0 unspecified atom stereocenters. The Morgan fingerprint density at radius 1 is 1.00 bits per heavy atom. The number of aryl methyl sites for hydroxylation is 1. The van der Waals surface area contributed by atoms with Crippen molar-refractivity contribution in [1.82, 2.24) is 0 Å². The van der Waals surface area contributed by atoms with Gasteiger partial charge < -0.3 is 0 Å². The topological polar surface area (TPSA) is 51.2 Å². The summed E-state index contributed by atoms with van der Waals surface area (Å²) < 4.78 is 25.2. The van der Waals surface area contributed by atoms with Crippen LogP contribution >= 0.6 is 0 Å². The summed E-state index contributed by atoms with van der Waals surface area (Å²) in [6, 6.07) is 15.5. The zero-order valence-corrected chi connectivity index (χ0v) is 14.8. The van der Waals surface area contributed by atoms with Crippen molar-refractivity contribution >= 4 is 15.6 Å². The number of benzene rings is 2. The highest BCUT2D eigenvalue weighted by atomic mass is 32.2. The first kappa shape index (κ1) is 18.1. The highest BCUT2D eigenvalue weighted by Crippen LogP contribution is 2.20. The van der Waals surface area contributed by atoms with Gasteiger partial charge in [-0.25, -0.2) is 8.42 Å². The highest BCUT2D eigenvalue weighted by molar-refractivity contribution is 7.94. The van der Waals surface area contributed by atoms with Crippen LogP contribution in [0.5, 0.6) is 0 Å². The number of ketones is 1. The van der Waals surface area contributed by atoms with Crippen molar-refractivity contribution in [3.8, 4) is 0 Å². The van der Waals surface area contributed by atoms with Crippen LogP contribution in [0.25, 0.3) is 0 Å². The van der Waals surface area contributed by atoms with E-state index in [1.165, 1.54) is 0 Å². The minimum absolute atomic E-state index is 0.211. The van der Waals surface area contributed by atoms with E-state index < -0.39 is 9.84 Å². The van der Waals surface area contributed by atoms with E-state index in [-0.39, 0.29) is 10.7 Å². The van der Waals surface area contributed by atoms with Crippen LogP contribution in [0.3, 0.4) is 0 Å². The van der Waals surface area contributed by atoms with Crippen molar-refractivity contribution in [1.29, 1.82) is 0 Å². The van der Waals surface area contributed by atoms with Gasteiger partial charge in [-0.15, -0.1) is 0 Å². The molecule has 2 rings (SSSR count). The summed E-state index contributed by atoms with van der Waals surface area (Å²) in [5.74, 6) is -0.222. The van der Waals surface area contributed by atoms with Crippen LogP contribution in [0.1, 0.15) is 42.1 Å². The SMILES string of the molecule is CCCC/C(=C\S(=O)(=O)c1ccc(C)cc1)C(=O)c1ccccc1. The lowest BCUT2D eigenvalue weighted by atomic mass is 10.0. The predicted octanol–water partition coefficient (Wildman–Crippen LogP) is 4.73. The van der Waals surface area contributed by atoms with E-state index in [9.17, 15) is 13.2 Å². The summed E-state index contributed by atoms with van der Waals surface area (Å²) in [4.78, 5) is 12.9. The predicted molar refractivity (Wildman–Crippen MR) is 96.7 cm³/mol. The van der Waals surface area contributed by atoms with Gasteiger partial charge in [0.1, 0.15) is 0 Å². The summed E-state index contributed by atoms with van der Waals surface area (Å²) in [6.07, 6.45) is 2.12. The first-order valence-corrected chi connectivity index (χ1v) is 9.60. The smallest absolute Gasteiger partial charge is 0.200 e. The molecule has 2 aromatic carbocycles. The maximum Gasteiger partial charge on any atom is 0.200 e. The molecule has 0 atom stereocenters.